The summed E-state index contributed by atoms with van der Waals surface area (Å²) in [7, 11) is -0.686. The molecule has 1 aromatic heterocycles. The number of carbonyl (C=O) groups is 1. The van der Waals surface area contributed by atoms with Crippen LogP contribution in [0.1, 0.15) is 15.9 Å². The summed E-state index contributed by atoms with van der Waals surface area (Å²) in [6.45, 7) is 1.92. The van der Waals surface area contributed by atoms with Gasteiger partial charge in [0.2, 0.25) is 0 Å². The third-order valence-corrected chi connectivity index (χ3v) is 8.68. The van der Waals surface area contributed by atoms with Crippen LogP contribution in [0.5, 0.6) is 0 Å². The standard InChI is InChI=1S/C31H31N3O4S/c1-22-12-18-26(19-13-22)39(37,38)34(24-16-14-23(15-17-24)31(36)32(2)3)21-25(35)20-33-29-10-6-4-8-27(29)28-9-5-7-11-30(28)33/h4-19,25,35H,20-21H2,1-3H3. The molecule has 1 heterocycles. The fraction of sp³-hybridized carbons (Fsp3) is 0.194. The second-order valence-corrected chi connectivity index (χ2v) is 11.8. The first-order valence-electron chi connectivity index (χ1n) is 12.7. The Morgan fingerprint density at radius 1 is 0.821 bits per heavy atom. The minimum absolute atomic E-state index is 0.130. The number of para-hydroxylation sites is 2. The van der Waals surface area contributed by atoms with Crippen LogP contribution in [0.2, 0.25) is 0 Å². The molecule has 0 saturated heterocycles. The van der Waals surface area contributed by atoms with Gasteiger partial charge in [0.25, 0.3) is 15.9 Å². The molecule has 0 aliphatic heterocycles. The number of carbonyl (C=O) groups excluding carboxylic acids is 1. The number of aliphatic hydroxyl groups is 1. The molecule has 5 rings (SSSR count). The number of fused-ring (bicyclic) bond motifs is 3. The first-order valence-corrected chi connectivity index (χ1v) is 14.2. The summed E-state index contributed by atoms with van der Waals surface area (Å²) >= 11 is 0. The number of rotatable bonds is 8. The lowest BCUT2D eigenvalue weighted by molar-refractivity contribution is 0.0827. The molecule has 0 bridgehead atoms. The highest BCUT2D eigenvalue weighted by molar-refractivity contribution is 7.92. The SMILES string of the molecule is Cc1ccc(S(=O)(=O)N(CC(O)Cn2c3ccccc3c3ccccc32)c2ccc(C(=O)N(C)C)cc2)cc1. The zero-order valence-corrected chi connectivity index (χ0v) is 23.0. The zero-order chi connectivity index (χ0) is 27.7. The maximum Gasteiger partial charge on any atom is 0.264 e. The van der Waals surface area contributed by atoms with Gasteiger partial charge in [-0.15, -0.1) is 0 Å². The van der Waals surface area contributed by atoms with Gasteiger partial charge in [0, 0.05) is 41.5 Å². The molecule has 5 aromatic rings. The van der Waals surface area contributed by atoms with Crippen LogP contribution in [-0.2, 0) is 16.6 Å². The van der Waals surface area contributed by atoms with E-state index in [1.807, 2.05) is 60.0 Å². The fourth-order valence-electron chi connectivity index (χ4n) is 4.87. The molecule has 1 N–H and O–H groups in total. The molecular formula is C31H31N3O4S. The Balaban J connectivity index is 1.52. The smallest absolute Gasteiger partial charge is 0.264 e. The van der Waals surface area contributed by atoms with Crippen LogP contribution >= 0.6 is 0 Å². The van der Waals surface area contributed by atoms with Crippen molar-refractivity contribution in [2.45, 2.75) is 24.5 Å². The summed E-state index contributed by atoms with van der Waals surface area (Å²) in [6, 6.07) is 29.0. The summed E-state index contributed by atoms with van der Waals surface area (Å²) in [5, 5.41) is 13.5. The molecular weight excluding hydrogens is 510 g/mol. The van der Waals surface area contributed by atoms with Crippen LogP contribution in [-0.4, -0.2) is 55.6 Å². The summed E-state index contributed by atoms with van der Waals surface area (Å²) in [4.78, 5) is 14.0. The summed E-state index contributed by atoms with van der Waals surface area (Å²) in [5.41, 5.74) is 3.70. The van der Waals surface area contributed by atoms with Crippen LogP contribution < -0.4 is 4.31 Å². The van der Waals surface area contributed by atoms with Crippen molar-refractivity contribution in [3.8, 4) is 0 Å². The van der Waals surface area contributed by atoms with Crippen LogP contribution in [0.25, 0.3) is 21.8 Å². The van der Waals surface area contributed by atoms with Crippen LogP contribution in [0.4, 0.5) is 5.69 Å². The number of anilines is 1. The number of hydrogen-bond donors (Lipinski definition) is 1. The molecule has 0 spiro atoms. The minimum atomic E-state index is -4.01. The van der Waals surface area contributed by atoms with Crippen molar-refractivity contribution in [2.75, 3.05) is 24.9 Å². The summed E-state index contributed by atoms with van der Waals surface area (Å²) in [5.74, 6) is -0.180. The van der Waals surface area contributed by atoms with Crippen molar-refractivity contribution in [3.05, 3.63) is 108 Å². The molecule has 1 unspecified atom stereocenters. The Labute approximate surface area is 228 Å². The minimum Gasteiger partial charge on any atom is -0.389 e. The Kier molecular flexibility index (Phi) is 7.16. The van der Waals surface area contributed by atoms with Gasteiger partial charge < -0.3 is 14.6 Å². The van der Waals surface area contributed by atoms with Gasteiger partial charge in [0.05, 0.1) is 29.8 Å². The number of aromatic nitrogens is 1. The number of aryl methyl sites for hydroxylation is 1. The maximum atomic E-state index is 13.9. The fourth-order valence-corrected chi connectivity index (χ4v) is 6.37. The predicted molar refractivity (Wildman–Crippen MR) is 156 cm³/mol. The molecule has 1 atom stereocenters. The monoisotopic (exact) mass is 541 g/mol. The topological polar surface area (TPSA) is 82.8 Å². The van der Waals surface area contributed by atoms with Gasteiger partial charge in [-0.2, -0.15) is 0 Å². The van der Waals surface area contributed by atoms with Gasteiger partial charge in [-0.05, 0) is 55.5 Å². The van der Waals surface area contributed by atoms with Gasteiger partial charge in [0.15, 0.2) is 0 Å². The third-order valence-electron chi connectivity index (χ3n) is 6.87. The molecule has 0 radical (unpaired) electrons. The highest BCUT2D eigenvalue weighted by atomic mass is 32.2. The van der Waals surface area contributed by atoms with E-state index >= 15 is 0 Å². The van der Waals surface area contributed by atoms with E-state index in [-0.39, 0.29) is 23.9 Å². The molecule has 0 fully saturated rings. The number of benzene rings is 4. The molecule has 0 saturated carbocycles. The third kappa shape index (κ3) is 5.13. The van der Waals surface area contributed by atoms with E-state index in [0.717, 1.165) is 27.4 Å². The molecule has 8 heteroatoms. The second-order valence-electron chi connectivity index (χ2n) is 9.89. The largest absolute Gasteiger partial charge is 0.389 e. The number of amides is 1. The number of sulfonamides is 1. The van der Waals surface area contributed by atoms with E-state index in [0.29, 0.717) is 11.3 Å². The quantitative estimate of drug-likeness (QED) is 0.298. The van der Waals surface area contributed by atoms with Crippen molar-refractivity contribution >= 4 is 43.4 Å². The molecule has 0 aliphatic carbocycles. The Morgan fingerprint density at radius 3 is 1.90 bits per heavy atom. The van der Waals surface area contributed by atoms with Gasteiger partial charge in [-0.3, -0.25) is 9.10 Å². The van der Waals surface area contributed by atoms with Gasteiger partial charge in [0.1, 0.15) is 0 Å². The molecule has 200 valence electrons. The molecule has 4 aromatic carbocycles. The predicted octanol–water partition coefficient (Wildman–Crippen LogP) is 5.06. The Bertz CT molecular complexity index is 1690. The number of aliphatic hydroxyl groups excluding tert-OH is 1. The van der Waals surface area contributed by atoms with Gasteiger partial charge in [-0.25, -0.2) is 8.42 Å². The van der Waals surface area contributed by atoms with E-state index in [1.54, 1.807) is 62.6 Å². The van der Waals surface area contributed by atoms with Crippen molar-refractivity contribution in [1.29, 1.82) is 0 Å². The van der Waals surface area contributed by atoms with Crippen LogP contribution in [0.15, 0.2) is 102 Å². The van der Waals surface area contributed by atoms with E-state index in [1.165, 1.54) is 9.21 Å². The van der Waals surface area contributed by atoms with E-state index in [9.17, 15) is 18.3 Å². The van der Waals surface area contributed by atoms with Crippen LogP contribution in [0, 0.1) is 6.92 Å². The highest BCUT2D eigenvalue weighted by Gasteiger charge is 2.28. The lowest BCUT2D eigenvalue weighted by Gasteiger charge is -2.27. The van der Waals surface area contributed by atoms with E-state index in [2.05, 4.69) is 0 Å². The second kappa shape index (κ2) is 10.6. The van der Waals surface area contributed by atoms with E-state index < -0.39 is 16.1 Å². The Morgan fingerprint density at radius 2 is 1.36 bits per heavy atom. The molecule has 0 aliphatic rings. The van der Waals surface area contributed by atoms with Crippen molar-refractivity contribution in [3.63, 3.8) is 0 Å². The number of nitrogens with zero attached hydrogens (tertiary/aromatic N) is 3. The average molecular weight is 542 g/mol. The van der Waals surface area contributed by atoms with E-state index in [4.69, 9.17) is 0 Å². The summed E-state index contributed by atoms with van der Waals surface area (Å²) < 4.78 is 31.0. The van der Waals surface area contributed by atoms with Crippen molar-refractivity contribution in [1.82, 2.24) is 9.47 Å². The first-order chi connectivity index (χ1) is 18.7. The Hall–Kier alpha value is -4.14. The lowest BCUT2D eigenvalue weighted by Crippen LogP contribution is -2.39. The van der Waals surface area contributed by atoms with Gasteiger partial charge >= 0.3 is 0 Å². The first kappa shape index (κ1) is 26.5. The van der Waals surface area contributed by atoms with Gasteiger partial charge in [-0.1, -0.05) is 54.1 Å². The molecule has 1 amide bonds. The average Bonchev–Trinajstić information content (AvgIpc) is 3.25. The van der Waals surface area contributed by atoms with Crippen molar-refractivity contribution < 1.29 is 18.3 Å². The normalized spacial score (nSPS) is 12.5. The van der Waals surface area contributed by atoms with Crippen molar-refractivity contribution in [2.24, 2.45) is 0 Å². The highest BCUT2D eigenvalue weighted by Crippen LogP contribution is 2.30. The molecule has 7 nitrogen and oxygen atoms in total. The van der Waals surface area contributed by atoms with Crippen LogP contribution in [0.3, 0.4) is 0 Å². The number of hydrogen-bond acceptors (Lipinski definition) is 4. The zero-order valence-electron chi connectivity index (χ0n) is 22.2. The molecule has 39 heavy (non-hydrogen) atoms. The lowest BCUT2D eigenvalue weighted by atomic mass is 10.2. The summed E-state index contributed by atoms with van der Waals surface area (Å²) in [6.07, 6.45) is -1.02. The maximum absolute atomic E-state index is 13.9.